The van der Waals surface area contributed by atoms with E-state index >= 15 is 0 Å². The van der Waals surface area contributed by atoms with Crippen LogP contribution in [0, 0.1) is 11.8 Å². The van der Waals surface area contributed by atoms with Gasteiger partial charge in [0.15, 0.2) is 0 Å². The van der Waals surface area contributed by atoms with Crippen molar-refractivity contribution in [3.05, 3.63) is 30.3 Å². The number of benzene rings is 1. The van der Waals surface area contributed by atoms with Gasteiger partial charge in [0.25, 0.3) is 0 Å². The van der Waals surface area contributed by atoms with Gasteiger partial charge in [-0.05, 0) is 0 Å². The van der Waals surface area contributed by atoms with Crippen molar-refractivity contribution >= 4 is 31.0 Å². The number of alkyl halides is 1. The van der Waals surface area contributed by atoms with E-state index in [4.69, 9.17) is 11.6 Å². The van der Waals surface area contributed by atoms with Gasteiger partial charge in [0.1, 0.15) is 0 Å². The summed E-state index contributed by atoms with van der Waals surface area (Å²) in [5, 5.41) is 0.476. The first-order valence-corrected chi connectivity index (χ1v) is 7.98. The molecule has 2 bridgehead atoms. The van der Waals surface area contributed by atoms with E-state index in [2.05, 4.69) is 30.3 Å². The molecule has 2 aliphatic carbocycles. The minimum absolute atomic E-state index is 0.476. The van der Waals surface area contributed by atoms with E-state index in [1.165, 1.54) is 23.7 Å². The molecule has 2 aliphatic rings. The second-order valence-electron chi connectivity index (χ2n) is 4.67. The van der Waals surface area contributed by atoms with Crippen LogP contribution < -0.4 is 4.46 Å². The zero-order chi connectivity index (χ0) is 10.3. The van der Waals surface area contributed by atoms with Crippen LogP contribution in [0.15, 0.2) is 30.3 Å². The summed E-state index contributed by atoms with van der Waals surface area (Å²) in [7, 11) is 0. The van der Waals surface area contributed by atoms with Gasteiger partial charge in [0.2, 0.25) is 0 Å². The van der Waals surface area contributed by atoms with E-state index in [9.17, 15) is 0 Å². The molecule has 4 atom stereocenters. The van der Waals surface area contributed by atoms with Gasteiger partial charge in [-0.1, -0.05) is 0 Å². The predicted octanol–water partition coefficient (Wildman–Crippen LogP) is 2.84. The molecule has 0 nitrogen and oxygen atoms in total. The molecule has 0 heterocycles. The number of fused-ring (bicyclic) bond motifs is 2. The molecule has 0 aromatic heterocycles. The van der Waals surface area contributed by atoms with E-state index in [-0.39, 0.29) is 0 Å². The molecular weight excluding hydrogens is 271 g/mol. The molecule has 0 radical (unpaired) electrons. The van der Waals surface area contributed by atoms with Crippen LogP contribution in [-0.4, -0.2) is 20.3 Å². The van der Waals surface area contributed by atoms with Gasteiger partial charge in [0, 0.05) is 0 Å². The molecule has 2 heteroatoms. The van der Waals surface area contributed by atoms with Gasteiger partial charge in [-0.25, -0.2) is 0 Å². The summed E-state index contributed by atoms with van der Waals surface area (Å²) in [4.78, 5) is 0.806. The Labute approximate surface area is 103 Å². The van der Waals surface area contributed by atoms with Gasteiger partial charge in [-0.15, -0.1) is 0 Å². The van der Waals surface area contributed by atoms with Gasteiger partial charge >= 0.3 is 103 Å². The van der Waals surface area contributed by atoms with Crippen molar-refractivity contribution < 1.29 is 0 Å². The fourth-order valence-electron chi connectivity index (χ4n) is 2.99. The first-order valence-electron chi connectivity index (χ1n) is 5.70. The second-order valence-corrected chi connectivity index (χ2v) is 7.80. The van der Waals surface area contributed by atoms with Crippen molar-refractivity contribution in [2.45, 2.75) is 29.5 Å². The number of halogens is 1. The molecule has 0 amide bonds. The van der Waals surface area contributed by atoms with Crippen LogP contribution in [-0.2, 0) is 0 Å². The molecule has 1 aromatic rings. The number of hydrogen-bond acceptors (Lipinski definition) is 0. The van der Waals surface area contributed by atoms with Gasteiger partial charge < -0.3 is 0 Å². The molecule has 0 spiro atoms. The molecule has 1 aromatic carbocycles. The maximum atomic E-state index is 6.54. The Hall–Kier alpha value is 0.0295. The number of rotatable bonds is 2. The zero-order valence-corrected chi connectivity index (χ0v) is 11.1. The first kappa shape index (κ1) is 10.2. The number of hydrogen-bond donors (Lipinski definition) is 0. The Morgan fingerprint density at radius 1 is 1.07 bits per heavy atom. The second kappa shape index (κ2) is 4.12. The van der Waals surface area contributed by atoms with Crippen molar-refractivity contribution in [1.82, 2.24) is 0 Å². The normalized spacial score (nSPS) is 38.5. The van der Waals surface area contributed by atoms with E-state index < -0.39 is 0 Å². The zero-order valence-electron chi connectivity index (χ0n) is 8.60. The van der Waals surface area contributed by atoms with Gasteiger partial charge in [-0.3, -0.25) is 0 Å². The molecule has 15 heavy (non-hydrogen) atoms. The fraction of sp³-hybridized carbons (Fsp3) is 0.538. The maximum absolute atomic E-state index is 6.54. The van der Waals surface area contributed by atoms with Crippen LogP contribution in [0.2, 0.25) is 4.82 Å². The molecule has 80 valence electrons. The van der Waals surface area contributed by atoms with Crippen molar-refractivity contribution in [2.24, 2.45) is 11.8 Å². The summed E-state index contributed by atoms with van der Waals surface area (Å²) in [5.41, 5.74) is 0. The molecular formula is C13H15ClSe. The third-order valence-electron chi connectivity index (χ3n) is 3.76. The SMILES string of the molecule is Cl[C@@H]1C2CC[C@H](C2)[C@H]1[Se]c1ccccc1. The summed E-state index contributed by atoms with van der Waals surface area (Å²) in [6, 6.07) is 10.9. The van der Waals surface area contributed by atoms with Crippen LogP contribution in [0.5, 0.6) is 0 Å². The molecule has 1 unspecified atom stereocenters. The summed E-state index contributed by atoms with van der Waals surface area (Å²) in [6.07, 6.45) is 4.24. The van der Waals surface area contributed by atoms with Crippen LogP contribution in [0.3, 0.4) is 0 Å². The van der Waals surface area contributed by atoms with Crippen molar-refractivity contribution in [3.63, 3.8) is 0 Å². The topological polar surface area (TPSA) is 0 Å². The van der Waals surface area contributed by atoms with Gasteiger partial charge in [-0.2, -0.15) is 0 Å². The molecule has 0 N–H and O–H groups in total. The van der Waals surface area contributed by atoms with Crippen LogP contribution in [0.25, 0.3) is 0 Å². The van der Waals surface area contributed by atoms with E-state index in [0.717, 1.165) is 16.7 Å². The van der Waals surface area contributed by atoms with Crippen molar-refractivity contribution in [1.29, 1.82) is 0 Å². The summed E-state index contributed by atoms with van der Waals surface area (Å²) < 4.78 is 1.52. The summed E-state index contributed by atoms with van der Waals surface area (Å²) in [5.74, 6) is 1.78. The Kier molecular flexibility index (Phi) is 2.81. The first-order chi connectivity index (χ1) is 7.34. The van der Waals surface area contributed by atoms with E-state index in [1.807, 2.05) is 0 Å². The third kappa shape index (κ3) is 1.86. The molecule has 2 saturated carbocycles. The van der Waals surface area contributed by atoms with Crippen LogP contribution in [0.4, 0.5) is 0 Å². The average Bonchev–Trinajstić information content (AvgIpc) is 2.84. The Balaban J connectivity index is 1.74. The minimum atomic E-state index is 0.476. The Bertz CT molecular complexity index is 336. The molecule has 0 aliphatic heterocycles. The van der Waals surface area contributed by atoms with E-state index in [1.54, 1.807) is 0 Å². The molecule has 0 saturated heterocycles. The Morgan fingerprint density at radius 2 is 1.80 bits per heavy atom. The third-order valence-corrected chi connectivity index (χ3v) is 7.86. The van der Waals surface area contributed by atoms with Crippen LogP contribution >= 0.6 is 11.6 Å². The fourth-order valence-corrected chi connectivity index (χ4v) is 6.67. The summed E-state index contributed by atoms with van der Waals surface area (Å²) in [6.45, 7) is 0. The molecule has 3 rings (SSSR count). The Morgan fingerprint density at radius 3 is 2.47 bits per heavy atom. The standard InChI is InChI=1S/C13H15ClSe/c14-12-9-6-7-10(8-9)13(12)15-11-4-2-1-3-5-11/h1-5,9-10,12-13H,6-8H2/t9?,10-,12-,13-/m1/s1. The van der Waals surface area contributed by atoms with Gasteiger partial charge in [0.05, 0.1) is 0 Å². The summed E-state index contributed by atoms with van der Waals surface area (Å²) >= 11 is 7.13. The van der Waals surface area contributed by atoms with Crippen LogP contribution in [0.1, 0.15) is 19.3 Å². The van der Waals surface area contributed by atoms with Crippen molar-refractivity contribution in [3.8, 4) is 0 Å². The predicted molar refractivity (Wildman–Crippen MR) is 66.1 cm³/mol. The van der Waals surface area contributed by atoms with E-state index in [0.29, 0.717) is 20.3 Å². The quantitative estimate of drug-likeness (QED) is 0.579. The molecule has 2 fully saturated rings. The average molecular weight is 286 g/mol. The monoisotopic (exact) mass is 286 g/mol. The van der Waals surface area contributed by atoms with Crippen molar-refractivity contribution in [2.75, 3.05) is 0 Å².